The molecule has 1 heterocycles. The van der Waals surface area contributed by atoms with Crippen LogP contribution in [-0.2, 0) is 13.0 Å². The van der Waals surface area contributed by atoms with Gasteiger partial charge in [0.25, 0.3) is 0 Å². The number of ether oxygens (including phenoxy) is 2. The third-order valence-corrected chi connectivity index (χ3v) is 6.11. The van der Waals surface area contributed by atoms with E-state index in [9.17, 15) is 0 Å². The Morgan fingerprint density at radius 3 is 2.60 bits per heavy atom. The van der Waals surface area contributed by atoms with E-state index in [0.717, 1.165) is 37.6 Å². The molecule has 0 bridgehead atoms. The maximum atomic E-state index is 5.63. The summed E-state index contributed by atoms with van der Waals surface area (Å²) in [5.74, 6) is 1.57. The van der Waals surface area contributed by atoms with Gasteiger partial charge in [-0.25, -0.2) is 0 Å². The standard InChI is InChI=1S/C24H33N3O2S/c1-6-25-24(30)26-17(3)23-20-14-22(29-5)21(28-4)13-19(20)10-11-27(23)15-18-9-7-8-16(2)12-18/h7-9,12-14,17,23H,6,10-11,15H2,1-5H3,(H2,25,26,30)/p+1/t17-,23-/m0/s1. The van der Waals surface area contributed by atoms with E-state index in [4.69, 9.17) is 21.7 Å². The summed E-state index contributed by atoms with van der Waals surface area (Å²) in [5.41, 5.74) is 5.29. The molecule has 5 nitrogen and oxygen atoms in total. The first-order valence-corrected chi connectivity index (χ1v) is 11.1. The molecular weight excluding hydrogens is 394 g/mol. The number of fused-ring (bicyclic) bond motifs is 1. The summed E-state index contributed by atoms with van der Waals surface area (Å²) in [6.45, 7) is 9.27. The van der Waals surface area contributed by atoms with Gasteiger partial charge in [-0.05, 0) is 50.7 Å². The normalized spacial score (nSPS) is 18.8. The van der Waals surface area contributed by atoms with Crippen LogP contribution in [0.4, 0.5) is 0 Å². The van der Waals surface area contributed by atoms with Crippen LogP contribution in [0.1, 0.15) is 42.1 Å². The number of hydrogen-bond acceptors (Lipinski definition) is 3. The Balaban J connectivity index is 1.97. The molecule has 0 saturated carbocycles. The summed E-state index contributed by atoms with van der Waals surface area (Å²) in [6.07, 6.45) is 1.01. The van der Waals surface area contributed by atoms with Gasteiger partial charge in [0.1, 0.15) is 12.6 Å². The zero-order valence-electron chi connectivity index (χ0n) is 18.7. The van der Waals surface area contributed by atoms with Gasteiger partial charge in [0.15, 0.2) is 16.6 Å². The van der Waals surface area contributed by atoms with Crippen LogP contribution >= 0.6 is 12.2 Å². The van der Waals surface area contributed by atoms with Crippen molar-refractivity contribution in [1.29, 1.82) is 0 Å². The maximum Gasteiger partial charge on any atom is 0.166 e. The molecule has 0 radical (unpaired) electrons. The highest BCUT2D eigenvalue weighted by molar-refractivity contribution is 7.80. The van der Waals surface area contributed by atoms with Crippen molar-refractivity contribution in [2.75, 3.05) is 27.3 Å². The van der Waals surface area contributed by atoms with Crippen molar-refractivity contribution in [1.82, 2.24) is 10.6 Å². The first-order valence-electron chi connectivity index (χ1n) is 10.7. The van der Waals surface area contributed by atoms with Crippen LogP contribution in [0, 0.1) is 6.92 Å². The SMILES string of the molecule is CCNC(=S)N[C@@H](C)[C@H]1c2cc(OC)c(OC)cc2CC[NH+]1Cc1cccc(C)c1. The Morgan fingerprint density at radius 1 is 1.20 bits per heavy atom. The van der Waals surface area contributed by atoms with Gasteiger partial charge in [-0.3, -0.25) is 0 Å². The molecule has 1 aliphatic rings. The van der Waals surface area contributed by atoms with Gasteiger partial charge in [-0.15, -0.1) is 0 Å². The monoisotopic (exact) mass is 428 g/mol. The maximum absolute atomic E-state index is 5.63. The molecule has 1 aliphatic heterocycles. The number of aryl methyl sites for hydroxylation is 1. The number of quaternary nitrogens is 1. The Kier molecular flexibility index (Phi) is 7.56. The van der Waals surface area contributed by atoms with Gasteiger partial charge in [0.05, 0.1) is 26.8 Å². The largest absolute Gasteiger partial charge is 0.493 e. The lowest BCUT2D eigenvalue weighted by Gasteiger charge is -2.38. The lowest BCUT2D eigenvalue weighted by molar-refractivity contribution is -0.948. The molecule has 3 atom stereocenters. The van der Waals surface area contributed by atoms with Crippen molar-refractivity contribution >= 4 is 17.3 Å². The van der Waals surface area contributed by atoms with Crippen molar-refractivity contribution < 1.29 is 14.4 Å². The molecule has 3 N–H and O–H groups in total. The van der Waals surface area contributed by atoms with E-state index in [1.54, 1.807) is 14.2 Å². The van der Waals surface area contributed by atoms with Crippen LogP contribution < -0.4 is 25.0 Å². The quantitative estimate of drug-likeness (QED) is 0.592. The summed E-state index contributed by atoms with van der Waals surface area (Å²) < 4.78 is 11.2. The average molecular weight is 429 g/mol. The molecule has 2 aromatic rings. The van der Waals surface area contributed by atoms with Crippen LogP contribution in [0.3, 0.4) is 0 Å². The van der Waals surface area contributed by atoms with Crippen LogP contribution in [0.2, 0.25) is 0 Å². The number of rotatable bonds is 7. The molecule has 6 heteroatoms. The predicted molar refractivity (Wildman–Crippen MR) is 126 cm³/mol. The highest BCUT2D eigenvalue weighted by atomic mass is 32.1. The molecule has 0 spiro atoms. The Bertz CT molecular complexity index is 887. The van der Waals surface area contributed by atoms with Crippen LogP contribution in [0.5, 0.6) is 11.5 Å². The molecule has 30 heavy (non-hydrogen) atoms. The zero-order valence-corrected chi connectivity index (χ0v) is 19.5. The first-order chi connectivity index (χ1) is 14.5. The Morgan fingerprint density at radius 2 is 1.93 bits per heavy atom. The number of hydrogen-bond donors (Lipinski definition) is 3. The fourth-order valence-corrected chi connectivity index (χ4v) is 4.85. The molecule has 1 unspecified atom stereocenters. The van der Waals surface area contributed by atoms with E-state index in [1.807, 2.05) is 0 Å². The molecule has 0 fully saturated rings. The van der Waals surface area contributed by atoms with E-state index >= 15 is 0 Å². The van der Waals surface area contributed by atoms with E-state index in [2.05, 4.69) is 67.8 Å². The van der Waals surface area contributed by atoms with Crippen molar-refractivity contribution in [3.63, 3.8) is 0 Å². The highest BCUT2D eigenvalue weighted by Crippen LogP contribution is 2.35. The molecule has 0 saturated heterocycles. The zero-order chi connectivity index (χ0) is 21.7. The van der Waals surface area contributed by atoms with E-state index in [0.29, 0.717) is 5.11 Å². The van der Waals surface area contributed by atoms with Crippen molar-refractivity contribution in [3.05, 3.63) is 58.7 Å². The van der Waals surface area contributed by atoms with E-state index in [1.165, 1.54) is 27.2 Å². The lowest BCUT2D eigenvalue weighted by Crippen LogP contribution is -3.13. The third kappa shape index (κ3) is 5.05. The minimum atomic E-state index is 0.161. The number of methoxy groups -OCH3 is 2. The summed E-state index contributed by atoms with van der Waals surface area (Å²) >= 11 is 5.49. The molecule has 0 aliphatic carbocycles. The molecule has 3 rings (SSSR count). The van der Waals surface area contributed by atoms with Gasteiger partial charge in [0, 0.05) is 24.1 Å². The predicted octanol–water partition coefficient (Wildman–Crippen LogP) is 2.57. The number of nitrogens with one attached hydrogen (secondary N) is 3. The fraction of sp³-hybridized carbons (Fsp3) is 0.458. The summed E-state index contributed by atoms with van der Waals surface area (Å²) in [7, 11) is 3.39. The van der Waals surface area contributed by atoms with Crippen molar-refractivity contribution in [3.8, 4) is 11.5 Å². The summed E-state index contributed by atoms with van der Waals surface area (Å²) in [5, 5.41) is 7.43. The average Bonchev–Trinajstić information content (AvgIpc) is 2.72. The second-order valence-corrected chi connectivity index (χ2v) is 8.41. The van der Waals surface area contributed by atoms with Gasteiger partial charge in [-0.2, -0.15) is 0 Å². The van der Waals surface area contributed by atoms with Crippen LogP contribution in [0.15, 0.2) is 36.4 Å². The van der Waals surface area contributed by atoms with Gasteiger partial charge < -0.3 is 25.0 Å². The molecule has 0 amide bonds. The van der Waals surface area contributed by atoms with Crippen molar-refractivity contribution in [2.24, 2.45) is 0 Å². The highest BCUT2D eigenvalue weighted by Gasteiger charge is 2.36. The van der Waals surface area contributed by atoms with Gasteiger partial charge in [-0.1, -0.05) is 29.8 Å². The lowest BCUT2D eigenvalue weighted by atomic mass is 9.87. The summed E-state index contributed by atoms with van der Waals surface area (Å²) in [4.78, 5) is 1.53. The van der Waals surface area contributed by atoms with E-state index in [-0.39, 0.29) is 12.1 Å². The second-order valence-electron chi connectivity index (χ2n) is 8.00. The Labute approximate surface area is 185 Å². The minimum Gasteiger partial charge on any atom is -0.493 e. The van der Waals surface area contributed by atoms with Crippen LogP contribution in [0.25, 0.3) is 0 Å². The van der Waals surface area contributed by atoms with E-state index < -0.39 is 0 Å². The molecule has 162 valence electrons. The van der Waals surface area contributed by atoms with Crippen molar-refractivity contribution in [2.45, 2.75) is 45.8 Å². The second kappa shape index (κ2) is 10.1. The van der Waals surface area contributed by atoms with Crippen LogP contribution in [-0.4, -0.2) is 38.5 Å². The molecular formula is C24H34N3O2S+. The molecule has 2 aromatic carbocycles. The number of benzene rings is 2. The Hall–Kier alpha value is -2.31. The topological polar surface area (TPSA) is 47.0 Å². The molecule has 0 aromatic heterocycles. The van der Waals surface area contributed by atoms with Gasteiger partial charge >= 0.3 is 0 Å². The first kappa shape index (κ1) is 22.4. The fourth-order valence-electron chi connectivity index (χ4n) is 4.52. The van der Waals surface area contributed by atoms with Gasteiger partial charge in [0.2, 0.25) is 0 Å². The third-order valence-electron chi connectivity index (χ3n) is 5.85. The summed E-state index contributed by atoms with van der Waals surface area (Å²) in [6, 6.07) is 13.5. The number of thiocarbonyl (C=S) groups is 1. The smallest absolute Gasteiger partial charge is 0.166 e. The minimum absolute atomic E-state index is 0.161.